The maximum Gasteiger partial charge on any atom is 0.191 e. The molecule has 2 aliphatic rings. The van der Waals surface area contributed by atoms with Crippen molar-refractivity contribution < 1.29 is 9.84 Å². The smallest absolute Gasteiger partial charge is 0.191 e. The molecule has 6 heteroatoms. The van der Waals surface area contributed by atoms with Gasteiger partial charge in [0, 0.05) is 13.1 Å². The van der Waals surface area contributed by atoms with Crippen LogP contribution in [0.4, 0.5) is 0 Å². The molecule has 3 N–H and O–H groups in total. The van der Waals surface area contributed by atoms with Crippen LogP contribution in [0.15, 0.2) is 4.99 Å². The molecule has 0 bridgehead atoms. The van der Waals surface area contributed by atoms with Crippen molar-refractivity contribution in [1.82, 2.24) is 10.6 Å². The van der Waals surface area contributed by atoms with E-state index in [1.54, 1.807) is 0 Å². The van der Waals surface area contributed by atoms with Gasteiger partial charge in [-0.25, -0.2) is 0 Å². The SMILES string of the molecule is CCNC(=NCC1(O)CCC1)NCCOC1CCCCCC1.I. The number of nitrogens with zero attached hydrogens (tertiary/aromatic N) is 1. The Balaban J connectivity index is 0.00000264. The lowest BCUT2D eigenvalue weighted by atomic mass is 9.80. The van der Waals surface area contributed by atoms with Crippen molar-refractivity contribution in [3.63, 3.8) is 0 Å². The molecule has 0 aliphatic heterocycles. The molecule has 0 heterocycles. The van der Waals surface area contributed by atoms with Gasteiger partial charge in [0.2, 0.25) is 0 Å². The highest BCUT2D eigenvalue weighted by atomic mass is 127. The Hall–Kier alpha value is -0.0800. The quantitative estimate of drug-likeness (QED) is 0.188. The van der Waals surface area contributed by atoms with Crippen LogP contribution in [0.2, 0.25) is 0 Å². The van der Waals surface area contributed by atoms with Gasteiger partial charge in [-0.05, 0) is 39.0 Å². The van der Waals surface area contributed by atoms with Gasteiger partial charge in [0.15, 0.2) is 5.96 Å². The standard InChI is InChI=1S/C17H33N3O2.HI/c1-2-18-16(20-14-17(21)10-7-11-17)19-12-13-22-15-8-5-3-4-6-9-15;/h15,21H,2-14H2,1H3,(H2,18,19,20);1H. The Labute approximate surface area is 158 Å². The van der Waals surface area contributed by atoms with Gasteiger partial charge in [-0.3, -0.25) is 4.99 Å². The van der Waals surface area contributed by atoms with E-state index in [9.17, 15) is 5.11 Å². The zero-order chi connectivity index (χ0) is 15.7. The van der Waals surface area contributed by atoms with Crippen LogP contribution in [0.5, 0.6) is 0 Å². The summed E-state index contributed by atoms with van der Waals surface area (Å²) in [6.07, 6.45) is 11.1. The third-order valence-corrected chi connectivity index (χ3v) is 4.71. The molecule has 0 aromatic heterocycles. The molecule has 0 aromatic rings. The summed E-state index contributed by atoms with van der Waals surface area (Å²) in [6.45, 7) is 4.86. The fourth-order valence-corrected chi connectivity index (χ4v) is 3.11. The molecule has 0 radical (unpaired) electrons. The minimum absolute atomic E-state index is 0. The third kappa shape index (κ3) is 8.03. The van der Waals surface area contributed by atoms with E-state index in [0.29, 0.717) is 12.6 Å². The van der Waals surface area contributed by atoms with Crippen LogP contribution in [0, 0.1) is 0 Å². The summed E-state index contributed by atoms with van der Waals surface area (Å²) in [5, 5.41) is 16.6. The number of hydrogen-bond acceptors (Lipinski definition) is 3. The average Bonchev–Trinajstić information content (AvgIpc) is 2.75. The minimum Gasteiger partial charge on any atom is -0.388 e. The molecule has 136 valence electrons. The summed E-state index contributed by atoms with van der Waals surface area (Å²) in [6, 6.07) is 0. The number of ether oxygens (including phenoxy) is 1. The molecule has 2 aliphatic carbocycles. The molecule has 2 saturated carbocycles. The van der Waals surface area contributed by atoms with E-state index in [1.165, 1.54) is 38.5 Å². The van der Waals surface area contributed by atoms with Crippen LogP contribution in [-0.4, -0.2) is 49.0 Å². The highest BCUT2D eigenvalue weighted by molar-refractivity contribution is 14.0. The lowest BCUT2D eigenvalue weighted by Gasteiger charge is -2.35. The number of rotatable bonds is 7. The lowest BCUT2D eigenvalue weighted by Crippen LogP contribution is -2.44. The first kappa shape index (κ1) is 21.0. The molecule has 5 nitrogen and oxygen atoms in total. The van der Waals surface area contributed by atoms with Gasteiger partial charge in [-0.15, -0.1) is 24.0 Å². The topological polar surface area (TPSA) is 65.9 Å². The van der Waals surface area contributed by atoms with Gasteiger partial charge >= 0.3 is 0 Å². The zero-order valence-corrected chi connectivity index (χ0v) is 16.8. The Morgan fingerprint density at radius 1 is 1.13 bits per heavy atom. The number of hydrogen-bond donors (Lipinski definition) is 3. The molecule has 2 fully saturated rings. The van der Waals surface area contributed by atoms with Crippen LogP contribution in [0.3, 0.4) is 0 Å². The second kappa shape index (κ2) is 11.5. The number of nitrogens with one attached hydrogen (secondary N) is 2. The number of aliphatic hydroxyl groups is 1. The Bertz CT molecular complexity index is 341. The van der Waals surface area contributed by atoms with Crippen molar-refractivity contribution >= 4 is 29.9 Å². The van der Waals surface area contributed by atoms with Crippen molar-refractivity contribution in [2.45, 2.75) is 76.4 Å². The zero-order valence-electron chi connectivity index (χ0n) is 14.5. The molecule has 23 heavy (non-hydrogen) atoms. The van der Waals surface area contributed by atoms with E-state index < -0.39 is 5.60 Å². The first-order valence-electron chi connectivity index (χ1n) is 9.08. The van der Waals surface area contributed by atoms with Gasteiger partial charge in [0.05, 0.1) is 24.9 Å². The Morgan fingerprint density at radius 2 is 1.83 bits per heavy atom. The molecular weight excluding hydrogens is 405 g/mol. The van der Waals surface area contributed by atoms with Crippen molar-refractivity contribution in [3.8, 4) is 0 Å². The van der Waals surface area contributed by atoms with Crippen molar-refractivity contribution in [3.05, 3.63) is 0 Å². The van der Waals surface area contributed by atoms with Gasteiger partial charge in [-0.2, -0.15) is 0 Å². The predicted octanol–water partition coefficient (Wildman–Crippen LogP) is 2.81. The Kier molecular flexibility index (Phi) is 10.5. The molecule has 0 amide bonds. The van der Waals surface area contributed by atoms with E-state index in [4.69, 9.17) is 4.74 Å². The van der Waals surface area contributed by atoms with Crippen molar-refractivity contribution in [2.75, 3.05) is 26.2 Å². The second-order valence-electron chi connectivity index (χ2n) is 6.68. The molecule has 0 spiro atoms. The molecule has 2 rings (SSSR count). The van der Waals surface area contributed by atoms with Crippen LogP contribution in [0.25, 0.3) is 0 Å². The van der Waals surface area contributed by atoms with Gasteiger partial charge in [-0.1, -0.05) is 25.7 Å². The first-order chi connectivity index (χ1) is 10.7. The third-order valence-electron chi connectivity index (χ3n) is 4.71. The van der Waals surface area contributed by atoms with Crippen LogP contribution in [-0.2, 0) is 4.74 Å². The lowest BCUT2D eigenvalue weighted by molar-refractivity contribution is -0.0236. The maximum atomic E-state index is 10.1. The van der Waals surface area contributed by atoms with E-state index >= 15 is 0 Å². The van der Waals surface area contributed by atoms with Crippen molar-refractivity contribution in [2.24, 2.45) is 4.99 Å². The molecule has 0 unspecified atom stereocenters. The van der Waals surface area contributed by atoms with Gasteiger partial charge < -0.3 is 20.5 Å². The molecule has 0 saturated heterocycles. The summed E-state index contributed by atoms with van der Waals surface area (Å²) >= 11 is 0. The van der Waals surface area contributed by atoms with E-state index in [2.05, 4.69) is 22.5 Å². The normalized spacial score (nSPS) is 21.7. The van der Waals surface area contributed by atoms with E-state index in [-0.39, 0.29) is 24.0 Å². The highest BCUT2D eigenvalue weighted by Gasteiger charge is 2.34. The minimum atomic E-state index is -0.556. The summed E-state index contributed by atoms with van der Waals surface area (Å²) in [4.78, 5) is 4.50. The summed E-state index contributed by atoms with van der Waals surface area (Å²) < 4.78 is 5.97. The summed E-state index contributed by atoms with van der Waals surface area (Å²) in [5.41, 5.74) is -0.556. The highest BCUT2D eigenvalue weighted by Crippen LogP contribution is 2.31. The Morgan fingerprint density at radius 3 is 2.39 bits per heavy atom. The maximum absolute atomic E-state index is 10.1. The number of guanidine groups is 1. The fraction of sp³-hybridized carbons (Fsp3) is 0.941. The monoisotopic (exact) mass is 439 g/mol. The average molecular weight is 439 g/mol. The van der Waals surface area contributed by atoms with Crippen LogP contribution >= 0.6 is 24.0 Å². The molecular formula is C17H34IN3O2. The number of aliphatic imine (C=N–C) groups is 1. The second-order valence-corrected chi connectivity index (χ2v) is 6.68. The number of halogens is 1. The van der Waals surface area contributed by atoms with Gasteiger partial charge in [0.25, 0.3) is 0 Å². The summed E-state index contributed by atoms with van der Waals surface area (Å²) in [7, 11) is 0. The van der Waals surface area contributed by atoms with E-state index in [1.807, 2.05) is 0 Å². The van der Waals surface area contributed by atoms with Crippen molar-refractivity contribution in [1.29, 1.82) is 0 Å². The van der Waals surface area contributed by atoms with Crippen LogP contribution < -0.4 is 10.6 Å². The van der Waals surface area contributed by atoms with Gasteiger partial charge in [0.1, 0.15) is 0 Å². The molecule has 0 atom stereocenters. The first-order valence-corrected chi connectivity index (χ1v) is 9.08. The molecule has 0 aromatic carbocycles. The van der Waals surface area contributed by atoms with E-state index in [0.717, 1.165) is 44.9 Å². The van der Waals surface area contributed by atoms with Crippen LogP contribution in [0.1, 0.15) is 64.7 Å². The predicted molar refractivity (Wildman–Crippen MR) is 106 cm³/mol. The fourth-order valence-electron chi connectivity index (χ4n) is 3.11. The largest absolute Gasteiger partial charge is 0.388 e. The summed E-state index contributed by atoms with van der Waals surface area (Å²) in [5.74, 6) is 0.785.